The number of nitrogens with zero attached hydrogens (tertiary/aromatic N) is 3. The molecule has 0 saturated carbocycles. The van der Waals surface area contributed by atoms with Crippen molar-refractivity contribution in [2.24, 2.45) is 18.9 Å². The summed E-state index contributed by atoms with van der Waals surface area (Å²) in [7, 11) is -3.30. The number of rotatable bonds is 3. The summed E-state index contributed by atoms with van der Waals surface area (Å²) in [6.45, 7) is 1.28. The van der Waals surface area contributed by atoms with Crippen LogP contribution in [0.2, 0.25) is 0 Å². The van der Waals surface area contributed by atoms with Gasteiger partial charge in [0.1, 0.15) is 4.90 Å². The third kappa shape index (κ3) is 3.50. The van der Waals surface area contributed by atoms with E-state index in [4.69, 9.17) is 5.11 Å². The lowest BCUT2D eigenvalue weighted by atomic mass is 9.92. The van der Waals surface area contributed by atoms with Crippen molar-refractivity contribution in [1.29, 1.82) is 0 Å². The van der Waals surface area contributed by atoms with E-state index in [1.807, 2.05) is 0 Å². The van der Waals surface area contributed by atoms with Crippen molar-refractivity contribution < 1.29 is 31.5 Å². The fourth-order valence-corrected chi connectivity index (χ4v) is 4.46. The molecule has 1 aromatic rings. The number of aryl methyl sites for hydroxylation is 1. The maximum atomic E-state index is 13.0. The van der Waals surface area contributed by atoms with E-state index in [1.54, 1.807) is 6.92 Å². The summed E-state index contributed by atoms with van der Waals surface area (Å²) in [4.78, 5) is 10.2. The first-order chi connectivity index (χ1) is 10.4. The van der Waals surface area contributed by atoms with Crippen molar-refractivity contribution in [3.8, 4) is 0 Å². The molecule has 1 aliphatic rings. The summed E-state index contributed by atoms with van der Waals surface area (Å²) < 4.78 is 65.7. The summed E-state index contributed by atoms with van der Waals surface area (Å²) in [6, 6.07) is 0. The summed E-state index contributed by atoms with van der Waals surface area (Å²) >= 11 is 0. The van der Waals surface area contributed by atoms with Crippen LogP contribution in [0.5, 0.6) is 0 Å². The standard InChI is InChI=1S/C12H16F3N3O4S/c1-7-3-8(11(19)20)5-18(4-7)23(21,22)9-6-17(2)16-10(9)12(13,14)15/h6-8H,3-5H2,1-2H3,(H,19,20). The highest BCUT2D eigenvalue weighted by Crippen LogP contribution is 2.35. The molecule has 2 unspecified atom stereocenters. The molecule has 130 valence electrons. The topological polar surface area (TPSA) is 92.5 Å². The van der Waals surface area contributed by atoms with E-state index in [0.29, 0.717) is 0 Å². The Morgan fingerprint density at radius 1 is 1.39 bits per heavy atom. The van der Waals surface area contributed by atoms with Crippen molar-refractivity contribution in [1.82, 2.24) is 14.1 Å². The molecule has 1 aromatic heterocycles. The Bertz CT molecular complexity index is 714. The Morgan fingerprint density at radius 3 is 2.52 bits per heavy atom. The molecule has 0 amide bonds. The molecule has 0 spiro atoms. The van der Waals surface area contributed by atoms with Crippen molar-refractivity contribution >= 4 is 16.0 Å². The van der Waals surface area contributed by atoms with E-state index in [1.165, 1.54) is 7.05 Å². The lowest BCUT2D eigenvalue weighted by Gasteiger charge is -2.33. The molecule has 2 heterocycles. The zero-order valence-electron chi connectivity index (χ0n) is 12.4. The predicted molar refractivity (Wildman–Crippen MR) is 71.9 cm³/mol. The molecule has 7 nitrogen and oxygen atoms in total. The average molecular weight is 355 g/mol. The molecule has 1 N–H and O–H groups in total. The van der Waals surface area contributed by atoms with Gasteiger partial charge < -0.3 is 5.11 Å². The van der Waals surface area contributed by atoms with Gasteiger partial charge in [-0.3, -0.25) is 9.48 Å². The second kappa shape index (κ2) is 5.78. The van der Waals surface area contributed by atoms with Gasteiger partial charge in [0.15, 0.2) is 5.69 Å². The molecule has 0 aliphatic carbocycles. The summed E-state index contributed by atoms with van der Waals surface area (Å²) in [5, 5.41) is 12.3. The lowest BCUT2D eigenvalue weighted by Crippen LogP contribution is -2.45. The summed E-state index contributed by atoms with van der Waals surface area (Å²) in [5.41, 5.74) is -1.50. The number of carbonyl (C=O) groups is 1. The van der Waals surface area contributed by atoms with E-state index in [9.17, 15) is 26.4 Å². The van der Waals surface area contributed by atoms with Gasteiger partial charge >= 0.3 is 12.1 Å². The van der Waals surface area contributed by atoms with Crippen molar-refractivity contribution in [2.75, 3.05) is 13.1 Å². The Morgan fingerprint density at radius 2 is 2.00 bits per heavy atom. The maximum Gasteiger partial charge on any atom is 0.436 e. The van der Waals surface area contributed by atoms with Crippen molar-refractivity contribution in [3.05, 3.63) is 11.9 Å². The molecule has 11 heteroatoms. The number of halogens is 3. The quantitative estimate of drug-likeness (QED) is 0.879. The van der Waals surface area contributed by atoms with E-state index < -0.39 is 38.7 Å². The average Bonchev–Trinajstić information content (AvgIpc) is 2.81. The van der Waals surface area contributed by atoms with Crippen LogP contribution in [0.4, 0.5) is 13.2 Å². The van der Waals surface area contributed by atoms with Crippen LogP contribution in [0, 0.1) is 11.8 Å². The molecular weight excluding hydrogens is 339 g/mol. The number of aliphatic carboxylic acids is 1. The number of aromatic nitrogens is 2. The van der Waals surface area contributed by atoms with Crippen LogP contribution >= 0.6 is 0 Å². The zero-order valence-corrected chi connectivity index (χ0v) is 13.2. The number of carboxylic acid groups (broad SMARTS) is 1. The molecule has 0 aromatic carbocycles. The molecule has 0 bridgehead atoms. The van der Waals surface area contributed by atoms with Gasteiger partial charge in [-0.25, -0.2) is 8.42 Å². The minimum absolute atomic E-state index is 0.0295. The molecule has 1 aliphatic heterocycles. The molecule has 0 radical (unpaired) electrons. The Labute approximate surface area is 130 Å². The monoisotopic (exact) mass is 355 g/mol. The fraction of sp³-hybridized carbons (Fsp3) is 0.667. The first-order valence-corrected chi connectivity index (χ1v) is 8.20. The third-order valence-electron chi connectivity index (χ3n) is 3.66. The number of hydrogen-bond acceptors (Lipinski definition) is 4. The van der Waals surface area contributed by atoms with Gasteiger partial charge in [0.2, 0.25) is 10.0 Å². The normalized spacial score (nSPS) is 23.9. The van der Waals surface area contributed by atoms with E-state index in [0.717, 1.165) is 15.2 Å². The van der Waals surface area contributed by atoms with Gasteiger partial charge in [-0.15, -0.1) is 0 Å². The molecule has 1 fully saturated rings. The van der Waals surface area contributed by atoms with Crippen molar-refractivity contribution in [3.63, 3.8) is 0 Å². The van der Waals surface area contributed by atoms with Crippen LogP contribution < -0.4 is 0 Å². The second-order valence-corrected chi connectivity index (χ2v) is 7.62. The smallest absolute Gasteiger partial charge is 0.436 e. The van der Waals surface area contributed by atoms with Crippen LogP contribution in [0.1, 0.15) is 19.0 Å². The number of alkyl halides is 3. The van der Waals surface area contributed by atoms with Crippen LogP contribution in [0.15, 0.2) is 11.1 Å². The van der Waals surface area contributed by atoms with Gasteiger partial charge in [0.05, 0.1) is 5.92 Å². The minimum atomic E-state index is -4.92. The molecule has 2 atom stereocenters. The predicted octanol–water partition coefficient (Wildman–Crippen LogP) is 1.17. The Hall–Kier alpha value is -1.62. The highest BCUT2D eigenvalue weighted by Gasteiger charge is 2.44. The van der Waals surface area contributed by atoms with Gasteiger partial charge in [0, 0.05) is 26.3 Å². The number of carboxylic acids is 1. The van der Waals surface area contributed by atoms with Crippen LogP contribution in [0.25, 0.3) is 0 Å². The SMILES string of the molecule is CC1CC(C(=O)O)CN(S(=O)(=O)c2cn(C)nc2C(F)(F)F)C1. The highest BCUT2D eigenvalue weighted by molar-refractivity contribution is 7.89. The molecule has 2 rings (SSSR count). The van der Waals surface area contributed by atoms with E-state index in [-0.39, 0.29) is 25.4 Å². The fourth-order valence-electron chi connectivity index (χ4n) is 2.67. The first kappa shape index (κ1) is 17.7. The molecule has 23 heavy (non-hydrogen) atoms. The number of hydrogen-bond donors (Lipinski definition) is 1. The maximum absolute atomic E-state index is 13.0. The van der Waals surface area contributed by atoms with Crippen molar-refractivity contribution in [2.45, 2.75) is 24.4 Å². The van der Waals surface area contributed by atoms with Gasteiger partial charge in [-0.1, -0.05) is 6.92 Å². The summed E-state index contributed by atoms with van der Waals surface area (Å²) in [5.74, 6) is -2.39. The first-order valence-electron chi connectivity index (χ1n) is 6.76. The van der Waals surface area contributed by atoms with Gasteiger partial charge in [-0.05, 0) is 12.3 Å². The van der Waals surface area contributed by atoms with Gasteiger partial charge in [0.25, 0.3) is 0 Å². The largest absolute Gasteiger partial charge is 0.481 e. The Balaban J connectivity index is 2.44. The lowest BCUT2D eigenvalue weighted by molar-refractivity contribution is -0.144. The third-order valence-corrected chi connectivity index (χ3v) is 5.49. The van der Waals surface area contributed by atoms with Crippen LogP contribution in [0.3, 0.4) is 0 Å². The second-order valence-electron chi connectivity index (χ2n) is 5.71. The highest BCUT2D eigenvalue weighted by atomic mass is 32.2. The molecule has 1 saturated heterocycles. The zero-order chi connectivity index (χ0) is 17.6. The van der Waals surface area contributed by atoms with Gasteiger partial charge in [-0.2, -0.15) is 22.6 Å². The Kier molecular flexibility index (Phi) is 4.46. The number of sulfonamides is 1. The number of piperidine rings is 1. The summed E-state index contributed by atoms with van der Waals surface area (Å²) in [6.07, 6.45) is -3.86. The van der Waals surface area contributed by atoms with Crippen LogP contribution in [-0.2, 0) is 28.0 Å². The van der Waals surface area contributed by atoms with E-state index >= 15 is 0 Å². The van der Waals surface area contributed by atoms with Crippen LogP contribution in [-0.4, -0.2) is 46.7 Å². The van der Waals surface area contributed by atoms with E-state index in [2.05, 4.69) is 5.10 Å². The minimum Gasteiger partial charge on any atom is -0.481 e. The molecular formula is C12H16F3N3O4S.